The number of hydrogen-bond donors (Lipinski definition) is 1. The molecule has 10 heteroatoms. The predicted octanol–water partition coefficient (Wildman–Crippen LogP) is 4.49. The van der Waals surface area contributed by atoms with E-state index in [1.54, 1.807) is 5.38 Å². The molecule has 0 unspecified atom stereocenters. The molecular formula is C13H10ClF3N2O2S2. The molecule has 0 atom stereocenters. The zero-order valence-electron chi connectivity index (χ0n) is 11.4. The number of thiazole rings is 1. The van der Waals surface area contributed by atoms with Crippen LogP contribution in [0.4, 0.5) is 18.3 Å². The Bertz CT molecular complexity index is 845. The van der Waals surface area contributed by atoms with E-state index in [1.165, 1.54) is 0 Å². The summed E-state index contributed by atoms with van der Waals surface area (Å²) in [4.78, 5) is 3.64. The molecule has 0 aliphatic heterocycles. The Balaban J connectivity index is 1.89. The van der Waals surface area contributed by atoms with Gasteiger partial charge >= 0.3 is 6.18 Å². The van der Waals surface area contributed by atoms with Crippen LogP contribution in [0.3, 0.4) is 0 Å². The Hall–Kier alpha value is -1.32. The van der Waals surface area contributed by atoms with Gasteiger partial charge in [0.05, 0.1) is 21.2 Å². The van der Waals surface area contributed by atoms with Crippen molar-refractivity contribution < 1.29 is 21.6 Å². The van der Waals surface area contributed by atoms with Crippen LogP contribution < -0.4 is 4.72 Å². The molecule has 1 fully saturated rings. The highest BCUT2D eigenvalue weighted by atomic mass is 35.5. The van der Waals surface area contributed by atoms with E-state index >= 15 is 0 Å². The SMILES string of the molecule is O=S(=O)(Nc1nc(C2CC2)cs1)c1ccc(Cl)c(C(F)(F)F)c1. The molecule has 3 rings (SSSR count). The van der Waals surface area contributed by atoms with Crippen LogP contribution in [0.5, 0.6) is 0 Å². The third-order valence-corrected chi connectivity index (χ3v) is 5.86. The zero-order chi connectivity index (χ0) is 16.8. The summed E-state index contributed by atoms with van der Waals surface area (Å²) in [6.45, 7) is 0. The molecule has 0 amide bonds. The standard InChI is InChI=1S/C13H10ClF3N2O2S2/c14-10-4-3-8(5-9(10)13(15,16)17)23(20,21)19-12-18-11(6-22-12)7-1-2-7/h3-7H,1-2H2,(H,18,19). The number of halogens is 4. The minimum absolute atomic E-state index is 0.135. The number of nitrogens with one attached hydrogen (secondary N) is 1. The highest BCUT2D eigenvalue weighted by molar-refractivity contribution is 7.93. The fraction of sp³-hybridized carbons (Fsp3) is 0.308. The first kappa shape index (κ1) is 16.5. The summed E-state index contributed by atoms with van der Waals surface area (Å²) in [5.41, 5.74) is -0.389. The van der Waals surface area contributed by atoms with Crippen molar-refractivity contribution in [2.45, 2.75) is 29.8 Å². The van der Waals surface area contributed by atoms with E-state index < -0.39 is 31.7 Å². The Kier molecular flexibility index (Phi) is 4.06. The molecule has 0 radical (unpaired) electrons. The zero-order valence-corrected chi connectivity index (χ0v) is 13.8. The van der Waals surface area contributed by atoms with Crippen LogP contribution >= 0.6 is 22.9 Å². The first-order chi connectivity index (χ1) is 10.7. The largest absolute Gasteiger partial charge is 0.417 e. The molecule has 124 valence electrons. The molecule has 1 aromatic carbocycles. The Morgan fingerprint density at radius 2 is 2.00 bits per heavy atom. The summed E-state index contributed by atoms with van der Waals surface area (Å²) >= 11 is 6.59. The van der Waals surface area contributed by atoms with Gasteiger partial charge in [-0.3, -0.25) is 4.72 Å². The second kappa shape index (κ2) is 5.64. The number of anilines is 1. The molecule has 0 bridgehead atoms. The maximum Gasteiger partial charge on any atom is 0.417 e. The summed E-state index contributed by atoms with van der Waals surface area (Å²) in [5.74, 6) is 0.358. The van der Waals surface area contributed by atoms with Crippen LogP contribution in [0.1, 0.15) is 30.0 Å². The number of hydrogen-bond acceptors (Lipinski definition) is 4. The summed E-state index contributed by atoms with van der Waals surface area (Å²) in [6, 6.07) is 2.45. The topological polar surface area (TPSA) is 59.1 Å². The fourth-order valence-electron chi connectivity index (χ4n) is 1.96. The number of benzene rings is 1. The third kappa shape index (κ3) is 3.61. The normalized spacial score (nSPS) is 15.7. The van der Waals surface area contributed by atoms with Gasteiger partial charge in [0, 0.05) is 11.3 Å². The van der Waals surface area contributed by atoms with Crippen molar-refractivity contribution in [1.29, 1.82) is 0 Å². The van der Waals surface area contributed by atoms with Gasteiger partial charge in [-0.2, -0.15) is 13.2 Å². The predicted molar refractivity (Wildman–Crippen MR) is 81.4 cm³/mol. The van der Waals surface area contributed by atoms with Crippen molar-refractivity contribution in [3.8, 4) is 0 Å². The highest BCUT2D eigenvalue weighted by Gasteiger charge is 2.34. The minimum atomic E-state index is -4.73. The van der Waals surface area contributed by atoms with Crippen molar-refractivity contribution in [1.82, 2.24) is 4.98 Å². The molecule has 1 aromatic heterocycles. The first-order valence-corrected chi connectivity index (χ1v) is 9.26. The van der Waals surface area contributed by atoms with Gasteiger partial charge in [0.25, 0.3) is 10.0 Å². The summed E-state index contributed by atoms with van der Waals surface area (Å²) < 4.78 is 65.2. The lowest BCUT2D eigenvalue weighted by atomic mass is 10.2. The number of alkyl halides is 3. The molecule has 1 aliphatic rings. The Labute approximate surface area is 139 Å². The van der Waals surface area contributed by atoms with E-state index in [0.29, 0.717) is 12.0 Å². The van der Waals surface area contributed by atoms with Gasteiger partial charge in [-0.15, -0.1) is 11.3 Å². The van der Waals surface area contributed by atoms with E-state index in [0.717, 1.165) is 42.0 Å². The van der Waals surface area contributed by atoms with E-state index in [2.05, 4.69) is 9.71 Å². The van der Waals surface area contributed by atoms with Crippen LogP contribution in [0, 0.1) is 0 Å². The van der Waals surface area contributed by atoms with Gasteiger partial charge in [-0.05, 0) is 31.0 Å². The highest BCUT2D eigenvalue weighted by Crippen LogP contribution is 2.41. The molecule has 0 saturated heterocycles. The molecule has 2 aromatic rings. The fourth-order valence-corrected chi connectivity index (χ4v) is 4.26. The van der Waals surface area contributed by atoms with E-state index in [9.17, 15) is 21.6 Å². The summed E-state index contributed by atoms with van der Waals surface area (Å²) in [5, 5.41) is 1.33. The second-order valence-electron chi connectivity index (χ2n) is 5.10. The average Bonchev–Trinajstić information content (AvgIpc) is 3.18. The van der Waals surface area contributed by atoms with Gasteiger partial charge in [-0.1, -0.05) is 11.6 Å². The average molecular weight is 383 g/mol. The van der Waals surface area contributed by atoms with E-state index in [1.807, 2.05) is 0 Å². The molecular weight excluding hydrogens is 373 g/mol. The van der Waals surface area contributed by atoms with Gasteiger partial charge in [-0.25, -0.2) is 13.4 Å². The molecule has 4 nitrogen and oxygen atoms in total. The van der Waals surface area contributed by atoms with Crippen LogP contribution in [0.2, 0.25) is 5.02 Å². The minimum Gasteiger partial charge on any atom is -0.255 e. The number of nitrogens with zero attached hydrogens (tertiary/aromatic N) is 1. The van der Waals surface area contributed by atoms with E-state index in [4.69, 9.17) is 11.6 Å². The lowest BCUT2D eigenvalue weighted by Crippen LogP contribution is -2.15. The molecule has 0 spiro atoms. The summed E-state index contributed by atoms with van der Waals surface area (Å²) in [6.07, 6.45) is -2.70. The quantitative estimate of drug-likeness (QED) is 0.847. The number of rotatable bonds is 4. The van der Waals surface area contributed by atoms with Crippen molar-refractivity contribution in [2.75, 3.05) is 4.72 Å². The van der Waals surface area contributed by atoms with Crippen LogP contribution in [0.25, 0.3) is 0 Å². The lowest BCUT2D eigenvalue weighted by molar-refractivity contribution is -0.137. The third-order valence-electron chi connectivity index (χ3n) is 3.29. The summed E-state index contributed by atoms with van der Waals surface area (Å²) in [7, 11) is -4.17. The van der Waals surface area contributed by atoms with Crippen LogP contribution in [0.15, 0.2) is 28.5 Å². The van der Waals surface area contributed by atoms with E-state index in [-0.39, 0.29) is 5.13 Å². The van der Waals surface area contributed by atoms with Crippen molar-refractivity contribution in [2.24, 2.45) is 0 Å². The van der Waals surface area contributed by atoms with Crippen molar-refractivity contribution in [3.05, 3.63) is 39.9 Å². The second-order valence-corrected chi connectivity index (χ2v) is 8.04. The molecule has 1 heterocycles. The Morgan fingerprint density at radius 1 is 1.30 bits per heavy atom. The van der Waals surface area contributed by atoms with Gasteiger partial charge in [0.15, 0.2) is 5.13 Å². The Morgan fingerprint density at radius 3 is 2.61 bits per heavy atom. The molecule has 1 saturated carbocycles. The van der Waals surface area contributed by atoms with Gasteiger partial charge in [0.2, 0.25) is 0 Å². The molecule has 1 N–H and O–H groups in total. The monoisotopic (exact) mass is 382 g/mol. The number of sulfonamides is 1. The van der Waals surface area contributed by atoms with Crippen molar-refractivity contribution in [3.63, 3.8) is 0 Å². The first-order valence-electron chi connectivity index (χ1n) is 6.52. The maximum absolute atomic E-state index is 12.8. The van der Waals surface area contributed by atoms with Gasteiger partial charge in [0.1, 0.15) is 0 Å². The smallest absolute Gasteiger partial charge is 0.255 e. The molecule has 23 heavy (non-hydrogen) atoms. The van der Waals surface area contributed by atoms with Crippen LogP contribution in [-0.2, 0) is 16.2 Å². The maximum atomic E-state index is 12.8. The van der Waals surface area contributed by atoms with Crippen LogP contribution in [-0.4, -0.2) is 13.4 Å². The van der Waals surface area contributed by atoms with Crippen molar-refractivity contribution >= 4 is 38.1 Å². The number of aromatic nitrogens is 1. The van der Waals surface area contributed by atoms with Gasteiger partial charge < -0.3 is 0 Å². The lowest BCUT2D eigenvalue weighted by Gasteiger charge is -2.11. The molecule has 1 aliphatic carbocycles.